The average Bonchev–Trinajstić information content (AvgIpc) is 2.53. The Bertz CT molecular complexity index is 625. The van der Waals surface area contributed by atoms with Crippen LogP contribution in [0.5, 0.6) is 0 Å². The highest BCUT2D eigenvalue weighted by molar-refractivity contribution is 7.89. The van der Waals surface area contributed by atoms with E-state index in [1.54, 1.807) is 0 Å². The number of benzene rings is 1. The quantitative estimate of drug-likeness (QED) is 0.776. The van der Waals surface area contributed by atoms with Crippen LogP contribution < -0.4 is 10.0 Å². The van der Waals surface area contributed by atoms with Gasteiger partial charge in [0.25, 0.3) is 0 Å². The zero-order chi connectivity index (χ0) is 16.2. The molecule has 8 heteroatoms. The van der Waals surface area contributed by atoms with Gasteiger partial charge in [-0.2, -0.15) is 0 Å². The number of halogens is 1. The van der Waals surface area contributed by atoms with E-state index < -0.39 is 16.0 Å². The summed E-state index contributed by atoms with van der Waals surface area (Å²) in [6.07, 6.45) is 2.04. The van der Waals surface area contributed by atoms with Crippen LogP contribution in [-0.2, 0) is 14.8 Å². The predicted octanol–water partition coefficient (Wildman–Crippen LogP) is 1.56. The van der Waals surface area contributed by atoms with E-state index in [-0.39, 0.29) is 22.7 Å². The normalized spacial score (nSPS) is 21.3. The summed E-state index contributed by atoms with van der Waals surface area (Å²) >= 11 is 0. The Balaban J connectivity index is 0.00000264. The highest BCUT2D eigenvalue weighted by Gasteiger charge is 2.28. The van der Waals surface area contributed by atoms with Gasteiger partial charge in [0.2, 0.25) is 10.0 Å². The van der Waals surface area contributed by atoms with Crippen molar-refractivity contribution in [3.63, 3.8) is 0 Å². The molecule has 6 nitrogen and oxygen atoms in total. The van der Waals surface area contributed by atoms with E-state index in [1.807, 2.05) is 0 Å². The van der Waals surface area contributed by atoms with Gasteiger partial charge >= 0.3 is 5.97 Å². The fourth-order valence-corrected chi connectivity index (χ4v) is 3.71. The maximum atomic E-state index is 12.3. The van der Waals surface area contributed by atoms with Crippen LogP contribution in [0.4, 0.5) is 0 Å². The topological polar surface area (TPSA) is 84.5 Å². The van der Waals surface area contributed by atoms with Gasteiger partial charge in [-0.15, -0.1) is 12.4 Å². The first-order chi connectivity index (χ1) is 10.4. The van der Waals surface area contributed by atoms with Crippen LogP contribution in [0.2, 0.25) is 0 Å². The number of hydrogen-bond donors (Lipinski definition) is 2. The molecule has 0 bridgehead atoms. The zero-order valence-corrected chi connectivity index (χ0v) is 14.9. The van der Waals surface area contributed by atoms with Crippen LogP contribution in [0.3, 0.4) is 0 Å². The lowest BCUT2D eigenvalue weighted by molar-refractivity contribution is 0.0600. The molecule has 0 saturated carbocycles. The Hall–Kier alpha value is -1.15. The van der Waals surface area contributed by atoms with Crippen LogP contribution in [0, 0.1) is 5.41 Å². The number of carbonyl (C=O) groups is 1. The molecule has 1 aliphatic heterocycles. The number of ether oxygens (including phenoxy) is 1. The molecule has 1 fully saturated rings. The highest BCUT2D eigenvalue weighted by atomic mass is 35.5. The number of nitrogens with one attached hydrogen (secondary N) is 2. The molecule has 1 saturated heterocycles. The number of esters is 1. The van der Waals surface area contributed by atoms with E-state index in [4.69, 9.17) is 0 Å². The van der Waals surface area contributed by atoms with Crippen molar-refractivity contribution in [3.05, 3.63) is 29.8 Å². The molecule has 1 atom stereocenters. The Labute approximate surface area is 143 Å². The third-order valence-electron chi connectivity index (χ3n) is 3.96. The first-order valence-electron chi connectivity index (χ1n) is 7.25. The predicted molar refractivity (Wildman–Crippen MR) is 90.4 cm³/mol. The van der Waals surface area contributed by atoms with E-state index in [1.165, 1.54) is 31.4 Å². The SMILES string of the molecule is COC(=O)c1ccc(S(=O)(=O)NCC2(C)CCCNC2)cc1.Cl. The van der Waals surface area contributed by atoms with E-state index in [0.29, 0.717) is 12.1 Å². The van der Waals surface area contributed by atoms with Crippen molar-refractivity contribution >= 4 is 28.4 Å². The lowest BCUT2D eigenvalue weighted by Gasteiger charge is -2.34. The molecule has 0 radical (unpaired) electrons. The Morgan fingerprint density at radius 3 is 2.52 bits per heavy atom. The summed E-state index contributed by atoms with van der Waals surface area (Å²) in [6.45, 7) is 4.25. The molecule has 1 aromatic rings. The van der Waals surface area contributed by atoms with Gasteiger partial charge in [-0.25, -0.2) is 17.9 Å². The van der Waals surface area contributed by atoms with Crippen molar-refractivity contribution < 1.29 is 17.9 Å². The molecule has 1 heterocycles. The van der Waals surface area contributed by atoms with Crippen LogP contribution in [0.15, 0.2) is 29.2 Å². The average molecular weight is 363 g/mol. The zero-order valence-electron chi connectivity index (χ0n) is 13.3. The van der Waals surface area contributed by atoms with Crippen molar-refractivity contribution in [2.45, 2.75) is 24.7 Å². The first-order valence-corrected chi connectivity index (χ1v) is 8.73. The summed E-state index contributed by atoms with van der Waals surface area (Å²) < 4.78 is 31.9. The molecule has 2 N–H and O–H groups in total. The molecule has 0 aromatic heterocycles. The van der Waals surface area contributed by atoms with Gasteiger partial charge in [0.15, 0.2) is 0 Å². The van der Waals surface area contributed by atoms with Gasteiger partial charge in [-0.3, -0.25) is 0 Å². The summed E-state index contributed by atoms with van der Waals surface area (Å²) in [7, 11) is -2.29. The Morgan fingerprint density at radius 2 is 2.00 bits per heavy atom. The summed E-state index contributed by atoms with van der Waals surface area (Å²) in [6, 6.07) is 5.72. The molecule has 1 aromatic carbocycles. The number of methoxy groups -OCH3 is 1. The van der Waals surface area contributed by atoms with Crippen molar-refractivity contribution in [1.29, 1.82) is 0 Å². The number of sulfonamides is 1. The van der Waals surface area contributed by atoms with E-state index in [2.05, 4.69) is 21.7 Å². The monoisotopic (exact) mass is 362 g/mol. The summed E-state index contributed by atoms with van der Waals surface area (Å²) in [5, 5.41) is 3.29. The first kappa shape index (κ1) is 19.9. The number of piperidine rings is 1. The second kappa shape index (κ2) is 8.10. The third-order valence-corrected chi connectivity index (χ3v) is 5.38. The molecular weight excluding hydrogens is 340 g/mol. The summed E-state index contributed by atoms with van der Waals surface area (Å²) in [5.74, 6) is -0.488. The lowest BCUT2D eigenvalue weighted by Crippen LogP contribution is -2.45. The van der Waals surface area contributed by atoms with E-state index in [9.17, 15) is 13.2 Å². The van der Waals surface area contributed by atoms with Crippen molar-refractivity contribution in [3.8, 4) is 0 Å². The molecule has 1 aliphatic rings. The maximum absolute atomic E-state index is 12.3. The van der Waals surface area contributed by atoms with Crippen LogP contribution >= 0.6 is 12.4 Å². The lowest BCUT2D eigenvalue weighted by atomic mass is 9.83. The third kappa shape index (κ3) is 5.17. The van der Waals surface area contributed by atoms with Crippen LogP contribution in [0.25, 0.3) is 0 Å². The Kier molecular flexibility index (Phi) is 7.01. The second-order valence-electron chi connectivity index (χ2n) is 5.93. The number of carbonyl (C=O) groups excluding carboxylic acids is 1. The molecule has 23 heavy (non-hydrogen) atoms. The van der Waals surface area contributed by atoms with Crippen LogP contribution in [0.1, 0.15) is 30.1 Å². The van der Waals surface area contributed by atoms with Crippen molar-refractivity contribution in [1.82, 2.24) is 10.0 Å². The van der Waals surface area contributed by atoms with Crippen molar-refractivity contribution in [2.75, 3.05) is 26.7 Å². The molecule has 130 valence electrons. The van der Waals surface area contributed by atoms with Gasteiger partial charge in [-0.05, 0) is 49.1 Å². The van der Waals surface area contributed by atoms with Gasteiger partial charge in [-0.1, -0.05) is 6.92 Å². The summed E-state index contributed by atoms with van der Waals surface area (Å²) in [5.41, 5.74) is 0.252. The molecule has 1 unspecified atom stereocenters. The molecule has 2 rings (SSSR count). The van der Waals surface area contributed by atoms with E-state index >= 15 is 0 Å². The van der Waals surface area contributed by atoms with Gasteiger partial charge in [0, 0.05) is 13.1 Å². The summed E-state index contributed by atoms with van der Waals surface area (Å²) in [4.78, 5) is 11.5. The number of hydrogen-bond acceptors (Lipinski definition) is 5. The van der Waals surface area contributed by atoms with Crippen molar-refractivity contribution in [2.24, 2.45) is 5.41 Å². The van der Waals surface area contributed by atoms with Gasteiger partial charge < -0.3 is 10.1 Å². The second-order valence-corrected chi connectivity index (χ2v) is 7.70. The fourth-order valence-electron chi connectivity index (χ4n) is 2.51. The fraction of sp³-hybridized carbons (Fsp3) is 0.533. The molecule has 0 aliphatic carbocycles. The molecule has 0 spiro atoms. The smallest absolute Gasteiger partial charge is 0.337 e. The molecule has 0 amide bonds. The molecular formula is C15H23ClN2O4S. The minimum Gasteiger partial charge on any atom is -0.465 e. The van der Waals surface area contributed by atoms with Gasteiger partial charge in [0.05, 0.1) is 17.6 Å². The minimum atomic E-state index is -3.58. The largest absolute Gasteiger partial charge is 0.465 e. The maximum Gasteiger partial charge on any atom is 0.337 e. The van der Waals surface area contributed by atoms with Gasteiger partial charge in [0.1, 0.15) is 0 Å². The highest BCUT2D eigenvalue weighted by Crippen LogP contribution is 2.25. The van der Waals surface area contributed by atoms with E-state index in [0.717, 1.165) is 25.9 Å². The Morgan fingerprint density at radius 1 is 1.35 bits per heavy atom. The standard InChI is InChI=1S/C15H22N2O4S.ClH/c1-15(8-3-9-16-10-15)11-17-22(19,20)13-6-4-12(5-7-13)14(18)21-2;/h4-7,16-17H,3,8-11H2,1-2H3;1H. The minimum absolute atomic E-state index is 0. The number of rotatable bonds is 5. The van der Waals surface area contributed by atoms with Crippen LogP contribution in [-0.4, -0.2) is 41.1 Å².